The summed E-state index contributed by atoms with van der Waals surface area (Å²) in [6.45, 7) is 1.98. The summed E-state index contributed by atoms with van der Waals surface area (Å²) in [7, 11) is 0. The second-order valence-corrected chi connectivity index (χ2v) is 5.45. The molecule has 1 fully saturated rings. The van der Waals surface area contributed by atoms with Crippen LogP contribution in [0.15, 0.2) is 18.2 Å². The van der Waals surface area contributed by atoms with Gasteiger partial charge in [-0.05, 0) is 56.1 Å². The van der Waals surface area contributed by atoms with Gasteiger partial charge in [-0.25, -0.2) is 0 Å². The third-order valence-electron chi connectivity index (χ3n) is 3.90. The van der Waals surface area contributed by atoms with Crippen LogP contribution >= 0.6 is 0 Å². The van der Waals surface area contributed by atoms with Crippen LogP contribution in [0.4, 0.5) is 5.69 Å². The van der Waals surface area contributed by atoms with Gasteiger partial charge in [0.05, 0.1) is 6.42 Å². The number of benzene rings is 1. The molecule has 1 saturated heterocycles. The first-order chi connectivity index (χ1) is 9.72. The zero-order chi connectivity index (χ0) is 13.9. The maximum absolute atomic E-state index is 12.3. The first-order valence-electron chi connectivity index (χ1n) is 7.17. The van der Waals surface area contributed by atoms with Crippen molar-refractivity contribution >= 4 is 17.5 Å². The number of hydrogen-bond acceptors (Lipinski definition) is 3. The highest BCUT2D eigenvalue weighted by atomic mass is 16.2. The van der Waals surface area contributed by atoms with Gasteiger partial charge in [-0.1, -0.05) is 0 Å². The molecular weight excluding hydrogens is 254 g/mol. The molecule has 106 valence electrons. The average molecular weight is 273 g/mol. The Kier molecular flexibility index (Phi) is 3.69. The summed E-state index contributed by atoms with van der Waals surface area (Å²) in [4.78, 5) is 23.6. The monoisotopic (exact) mass is 273 g/mol. The van der Waals surface area contributed by atoms with Gasteiger partial charge >= 0.3 is 0 Å². The Morgan fingerprint density at radius 1 is 1.25 bits per heavy atom. The number of amides is 2. The van der Waals surface area contributed by atoms with Crippen molar-refractivity contribution in [1.82, 2.24) is 10.6 Å². The Morgan fingerprint density at radius 3 is 3.05 bits per heavy atom. The van der Waals surface area contributed by atoms with Crippen molar-refractivity contribution in [2.75, 3.05) is 18.4 Å². The first-order valence-corrected chi connectivity index (χ1v) is 7.17. The maximum atomic E-state index is 12.3. The number of hydrogen-bond donors (Lipinski definition) is 3. The summed E-state index contributed by atoms with van der Waals surface area (Å²) in [6, 6.07) is 5.64. The molecule has 1 aromatic carbocycles. The lowest BCUT2D eigenvalue weighted by Crippen LogP contribution is -2.35. The molecule has 0 bridgehead atoms. The van der Waals surface area contributed by atoms with Gasteiger partial charge in [-0.15, -0.1) is 0 Å². The Hall–Kier alpha value is -1.88. The summed E-state index contributed by atoms with van der Waals surface area (Å²) < 4.78 is 0. The lowest BCUT2D eigenvalue weighted by atomic mass is 10.1. The van der Waals surface area contributed by atoms with Gasteiger partial charge < -0.3 is 16.0 Å². The van der Waals surface area contributed by atoms with E-state index in [-0.39, 0.29) is 17.9 Å². The van der Waals surface area contributed by atoms with Crippen molar-refractivity contribution in [2.45, 2.75) is 31.7 Å². The van der Waals surface area contributed by atoms with E-state index >= 15 is 0 Å². The average Bonchev–Trinajstić information content (AvgIpc) is 2.62. The maximum Gasteiger partial charge on any atom is 0.251 e. The Morgan fingerprint density at radius 2 is 2.15 bits per heavy atom. The van der Waals surface area contributed by atoms with E-state index < -0.39 is 0 Å². The second kappa shape index (κ2) is 5.63. The van der Waals surface area contributed by atoms with Crippen LogP contribution < -0.4 is 16.0 Å². The van der Waals surface area contributed by atoms with Crippen LogP contribution in [0.5, 0.6) is 0 Å². The molecule has 1 unspecified atom stereocenters. The molecule has 5 nitrogen and oxygen atoms in total. The second-order valence-electron chi connectivity index (χ2n) is 5.45. The number of fused-ring (bicyclic) bond motifs is 1. The molecule has 3 rings (SSSR count). The molecule has 2 aliphatic heterocycles. The highest BCUT2D eigenvalue weighted by Gasteiger charge is 2.20. The molecule has 0 aromatic heterocycles. The molecule has 1 atom stereocenters. The molecule has 3 N–H and O–H groups in total. The smallest absolute Gasteiger partial charge is 0.251 e. The van der Waals surface area contributed by atoms with Gasteiger partial charge in [0.2, 0.25) is 5.91 Å². The predicted molar refractivity (Wildman–Crippen MR) is 76.8 cm³/mol. The Bertz CT molecular complexity index is 534. The molecule has 0 aliphatic carbocycles. The van der Waals surface area contributed by atoms with E-state index in [2.05, 4.69) is 16.0 Å². The van der Waals surface area contributed by atoms with E-state index in [0.29, 0.717) is 12.0 Å². The zero-order valence-corrected chi connectivity index (χ0v) is 11.4. The number of carbonyl (C=O) groups is 2. The highest BCUT2D eigenvalue weighted by Crippen LogP contribution is 2.23. The fourth-order valence-electron chi connectivity index (χ4n) is 2.80. The van der Waals surface area contributed by atoms with Crippen LogP contribution in [-0.4, -0.2) is 30.9 Å². The third-order valence-corrected chi connectivity index (χ3v) is 3.90. The van der Waals surface area contributed by atoms with Crippen LogP contribution in [0.25, 0.3) is 0 Å². The molecule has 0 spiro atoms. The van der Waals surface area contributed by atoms with Gasteiger partial charge in [0.15, 0.2) is 0 Å². The van der Waals surface area contributed by atoms with Crippen molar-refractivity contribution in [3.8, 4) is 0 Å². The SMILES string of the molecule is O=C1Cc2cc(C(=O)NC3CCCNCC3)ccc2N1. The summed E-state index contributed by atoms with van der Waals surface area (Å²) in [5.74, 6) is -0.0496. The molecule has 2 amide bonds. The van der Waals surface area contributed by atoms with E-state index in [1.807, 2.05) is 12.1 Å². The number of carbonyl (C=O) groups excluding carboxylic acids is 2. The van der Waals surface area contributed by atoms with E-state index in [9.17, 15) is 9.59 Å². The first kappa shape index (κ1) is 13.1. The molecule has 5 heteroatoms. The van der Waals surface area contributed by atoms with Gasteiger partial charge in [0.1, 0.15) is 0 Å². The number of nitrogens with one attached hydrogen (secondary N) is 3. The third kappa shape index (κ3) is 2.82. The van der Waals surface area contributed by atoms with Crippen LogP contribution in [-0.2, 0) is 11.2 Å². The molecule has 20 heavy (non-hydrogen) atoms. The van der Waals surface area contributed by atoms with Crippen LogP contribution in [0, 0.1) is 0 Å². The predicted octanol–water partition coefficient (Wildman–Crippen LogP) is 1.05. The van der Waals surface area contributed by atoms with Gasteiger partial charge in [0.25, 0.3) is 5.91 Å². The van der Waals surface area contributed by atoms with E-state index in [1.54, 1.807) is 6.07 Å². The highest BCUT2D eigenvalue weighted by molar-refractivity contribution is 6.01. The zero-order valence-electron chi connectivity index (χ0n) is 11.4. The van der Waals surface area contributed by atoms with Crippen molar-refractivity contribution in [2.24, 2.45) is 0 Å². The summed E-state index contributed by atoms with van der Waals surface area (Å²) in [5.41, 5.74) is 2.37. The Labute approximate surface area is 118 Å². The van der Waals surface area contributed by atoms with Crippen molar-refractivity contribution < 1.29 is 9.59 Å². The van der Waals surface area contributed by atoms with Gasteiger partial charge in [-0.3, -0.25) is 9.59 Å². The minimum absolute atomic E-state index is 0.00704. The number of rotatable bonds is 2. The van der Waals surface area contributed by atoms with Crippen LogP contribution in [0.3, 0.4) is 0 Å². The Balaban J connectivity index is 1.68. The minimum Gasteiger partial charge on any atom is -0.349 e. The fourth-order valence-corrected chi connectivity index (χ4v) is 2.80. The van der Waals surface area contributed by atoms with E-state index in [1.165, 1.54) is 0 Å². The largest absolute Gasteiger partial charge is 0.349 e. The van der Waals surface area contributed by atoms with E-state index in [4.69, 9.17) is 0 Å². The molecule has 0 saturated carbocycles. The minimum atomic E-state index is -0.0425. The van der Waals surface area contributed by atoms with Crippen LogP contribution in [0.2, 0.25) is 0 Å². The van der Waals surface area contributed by atoms with Crippen LogP contribution in [0.1, 0.15) is 35.2 Å². The van der Waals surface area contributed by atoms with Crippen molar-refractivity contribution in [1.29, 1.82) is 0 Å². The molecule has 2 heterocycles. The standard InChI is InChI=1S/C15H19N3O2/c19-14-9-11-8-10(3-4-13(11)18-14)15(20)17-12-2-1-6-16-7-5-12/h3-4,8,12,16H,1-2,5-7,9H2,(H,17,20)(H,18,19). The lowest BCUT2D eigenvalue weighted by molar-refractivity contribution is -0.115. The topological polar surface area (TPSA) is 70.2 Å². The molecule has 2 aliphatic rings. The molecule has 0 radical (unpaired) electrons. The summed E-state index contributed by atoms with van der Waals surface area (Å²) >= 11 is 0. The van der Waals surface area contributed by atoms with E-state index in [0.717, 1.165) is 43.6 Å². The summed E-state index contributed by atoms with van der Waals surface area (Å²) in [5, 5.41) is 9.20. The normalized spacial score (nSPS) is 21.8. The lowest BCUT2D eigenvalue weighted by Gasteiger charge is -2.16. The number of anilines is 1. The fraction of sp³-hybridized carbons (Fsp3) is 0.467. The van der Waals surface area contributed by atoms with Crippen molar-refractivity contribution in [3.63, 3.8) is 0 Å². The quantitative estimate of drug-likeness (QED) is 0.754. The molecule has 1 aromatic rings. The van der Waals surface area contributed by atoms with Gasteiger partial charge in [0, 0.05) is 17.3 Å². The molecular formula is C15H19N3O2. The summed E-state index contributed by atoms with van der Waals surface area (Å²) in [6.07, 6.45) is 3.44. The van der Waals surface area contributed by atoms with Gasteiger partial charge in [-0.2, -0.15) is 0 Å². The van der Waals surface area contributed by atoms with Crippen molar-refractivity contribution in [3.05, 3.63) is 29.3 Å².